The number of benzene rings is 1. The Kier molecular flexibility index (Phi) is 5.96. The molecule has 0 bridgehead atoms. The minimum absolute atomic E-state index is 0.0460. The zero-order chi connectivity index (χ0) is 21.1. The molecule has 3 heterocycles. The summed E-state index contributed by atoms with van der Waals surface area (Å²) in [5.74, 6) is -0.353. The highest BCUT2D eigenvalue weighted by Gasteiger charge is 2.27. The zero-order valence-corrected chi connectivity index (χ0v) is 16.7. The molecule has 8 nitrogen and oxygen atoms in total. The van der Waals surface area contributed by atoms with Crippen LogP contribution in [-0.4, -0.2) is 65.4 Å². The summed E-state index contributed by atoms with van der Waals surface area (Å²) in [4.78, 5) is 39.4. The molecule has 160 valence electrons. The molecular formula is C21H25FN4O4. The lowest BCUT2D eigenvalue weighted by Crippen LogP contribution is -2.49. The lowest BCUT2D eigenvalue weighted by molar-refractivity contribution is -0.138. The number of rotatable bonds is 5. The smallest absolute Gasteiger partial charge is 0.239 e. The van der Waals surface area contributed by atoms with Gasteiger partial charge in [-0.15, -0.1) is 0 Å². The Hall–Kier alpha value is -2.97. The van der Waals surface area contributed by atoms with E-state index in [0.717, 1.165) is 23.9 Å². The first kappa shape index (κ1) is 20.3. The molecule has 2 aliphatic heterocycles. The first-order valence-electron chi connectivity index (χ1n) is 10.4. The maximum atomic E-state index is 13.3. The fourth-order valence-corrected chi connectivity index (χ4v) is 4.19. The number of piperidine rings is 1. The second kappa shape index (κ2) is 8.81. The van der Waals surface area contributed by atoms with Crippen molar-refractivity contribution in [3.63, 3.8) is 0 Å². The van der Waals surface area contributed by atoms with Crippen LogP contribution in [0.4, 0.5) is 4.39 Å². The molecule has 1 aromatic heterocycles. The van der Waals surface area contributed by atoms with Gasteiger partial charge in [0.2, 0.25) is 17.7 Å². The molecule has 2 aliphatic rings. The number of piperazine rings is 1. The average molecular weight is 416 g/mol. The van der Waals surface area contributed by atoms with Gasteiger partial charge in [-0.3, -0.25) is 14.4 Å². The molecule has 0 unspecified atom stereocenters. The van der Waals surface area contributed by atoms with E-state index in [0.29, 0.717) is 44.6 Å². The van der Waals surface area contributed by atoms with Crippen molar-refractivity contribution in [3.8, 4) is 0 Å². The molecular weight excluding hydrogens is 391 g/mol. The van der Waals surface area contributed by atoms with Gasteiger partial charge in [-0.05, 0) is 31.4 Å². The molecule has 4 rings (SSSR count). The molecule has 2 aromatic rings. The van der Waals surface area contributed by atoms with E-state index in [4.69, 9.17) is 4.52 Å². The third-order valence-electron chi connectivity index (χ3n) is 5.87. The van der Waals surface area contributed by atoms with Crippen LogP contribution in [0.25, 0.3) is 11.0 Å². The summed E-state index contributed by atoms with van der Waals surface area (Å²) in [6, 6.07) is 4.43. The van der Waals surface area contributed by atoms with Gasteiger partial charge < -0.3 is 19.6 Å². The first-order valence-corrected chi connectivity index (χ1v) is 10.4. The number of aromatic nitrogens is 1. The lowest BCUT2D eigenvalue weighted by Gasteiger charge is -2.31. The quantitative estimate of drug-likeness (QED) is 0.802. The van der Waals surface area contributed by atoms with Gasteiger partial charge in [0.05, 0.1) is 12.2 Å². The number of halogens is 1. The van der Waals surface area contributed by atoms with Crippen molar-refractivity contribution in [1.82, 2.24) is 20.3 Å². The van der Waals surface area contributed by atoms with E-state index in [1.54, 1.807) is 11.0 Å². The molecule has 2 fully saturated rings. The van der Waals surface area contributed by atoms with E-state index in [1.165, 1.54) is 12.1 Å². The SMILES string of the molecule is O=C1CN(C(=O)CCCC(=O)N2CCC(c3noc4cc(F)ccc34)CC2)CCN1. The van der Waals surface area contributed by atoms with Crippen LogP contribution in [0.3, 0.4) is 0 Å². The summed E-state index contributed by atoms with van der Waals surface area (Å²) in [6.45, 7) is 2.35. The van der Waals surface area contributed by atoms with Crippen molar-refractivity contribution in [2.24, 2.45) is 0 Å². The molecule has 0 aliphatic carbocycles. The standard InChI is InChI=1S/C21H25FN4O4/c22-15-4-5-16-17(12-15)30-24-21(16)14-6-9-25(10-7-14)19(28)2-1-3-20(29)26-11-8-23-18(27)13-26/h4-5,12,14H,1-3,6-11,13H2,(H,23,27). The number of carbonyl (C=O) groups is 3. The molecule has 0 atom stereocenters. The van der Waals surface area contributed by atoms with Crippen LogP contribution in [0.1, 0.15) is 43.7 Å². The van der Waals surface area contributed by atoms with Gasteiger partial charge >= 0.3 is 0 Å². The zero-order valence-electron chi connectivity index (χ0n) is 16.7. The van der Waals surface area contributed by atoms with Gasteiger partial charge in [-0.1, -0.05) is 5.16 Å². The Balaban J connectivity index is 1.23. The molecule has 9 heteroatoms. The number of nitrogens with one attached hydrogen (secondary N) is 1. The fraction of sp³-hybridized carbons (Fsp3) is 0.524. The maximum absolute atomic E-state index is 13.3. The van der Waals surface area contributed by atoms with Crippen LogP contribution in [0, 0.1) is 5.82 Å². The number of likely N-dealkylation sites (tertiary alicyclic amines) is 1. The van der Waals surface area contributed by atoms with Crippen LogP contribution < -0.4 is 5.32 Å². The van der Waals surface area contributed by atoms with Crippen molar-refractivity contribution in [2.45, 2.75) is 38.0 Å². The largest absolute Gasteiger partial charge is 0.356 e. The fourth-order valence-electron chi connectivity index (χ4n) is 4.19. The van der Waals surface area contributed by atoms with E-state index in [1.807, 2.05) is 4.90 Å². The monoisotopic (exact) mass is 416 g/mol. The molecule has 1 N–H and O–H groups in total. The Morgan fingerprint density at radius 1 is 1.13 bits per heavy atom. The first-order chi connectivity index (χ1) is 14.5. The predicted molar refractivity (Wildman–Crippen MR) is 106 cm³/mol. The second-order valence-electron chi connectivity index (χ2n) is 7.88. The third kappa shape index (κ3) is 4.44. The van der Waals surface area contributed by atoms with Gasteiger partial charge in [0.15, 0.2) is 5.58 Å². The number of nitrogens with zero attached hydrogens (tertiary/aromatic N) is 3. The minimum Gasteiger partial charge on any atom is -0.356 e. The number of hydrogen-bond donors (Lipinski definition) is 1. The number of carbonyl (C=O) groups excluding carboxylic acids is 3. The van der Waals surface area contributed by atoms with Gasteiger partial charge in [0.25, 0.3) is 0 Å². The topological polar surface area (TPSA) is 95.8 Å². The highest BCUT2D eigenvalue weighted by molar-refractivity contribution is 5.86. The third-order valence-corrected chi connectivity index (χ3v) is 5.87. The minimum atomic E-state index is -0.354. The van der Waals surface area contributed by atoms with Crippen LogP contribution in [0.2, 0.25) is 0 Å². The van der Waals surface area contributed by atoms with Gasteiger partial charge in [-0.25, -0.2) is 4.39 Å². The van der Waals surface area contributed by atoms with Crippen molar-refractivity contribution < 1.29 is 23.3 Å². The van der Waals surface area contributed by atoms with Crippen molar-refractivity contribution in [3.05, 3.63) is 29.7 Å². The Morgan fingerprint density at radius 3 is 2.60 bits per heavy atom. The summed E-state index contributed by atoms with van der Waals surface area (Å²) in [5, 5.41) is 7.65. The van der Waals surface area contributed by atoms with Crippen LogP contribution in [-0.2, 0) is 14.4 Å². The highest BCUT2D eigenvalue weighted by atomic mass is 19.1. The summed E-state index contributed by atoms with van der Waals surface area (Å²) in [7, 11) is 0. The summed E-state index contributed by atoms with van der Waals surface area (Å²) < 4.78 is 18.6. The second-order valence-corrected chi connectivity index (χ2v) is 7.88. The van der Waals surface area contributed by atoms with E-state index in [9.17, 15) is 18.8 Å². The lowest BCUT2D eigenvalue weighted by atomic mass is 9.91. The Morgan fingerprint density at radius 2 is 1.87 bits per heavy atom. The van der Waals surface area contributed by atoms with E-state index >= 15 is 0 Å². The molecule has 0 saturated carbocycles. The summed E-state index contributed by atoms with van der Waals surface area (Å²) >= 11 is 0. The van der Waals surface area contributed by atoms with Crippen LogP contribution in [0.5, 0.6) is 0 Å². The Labute approximate surface area is 173 Å². The molecule has 2 saturated heterocycles. The summed E-state index contributed by atoms with van der Waals surface area (Å²) in [6.07, 6.45) is 2.62. The van der Waals surface area contributed by atoms with Crippen LogP contribution >= 0.6 is 0 Å². The molecule has 1 aromatic carbocycles. The van der Waals surface area contributed by atoms with E-state index in [2.05, 4.69) is 10.5 Å². The average Bonchev–Trinajstić information content (AvgIpc) is 3.16. The molecule has 30 heavy (non-hydrogen) atoms. The number of hydrogen-bond acceptors (Lipinski definition) is 5. The van der Waals surface area contributed by atoms with Gasteiger partial charge in [0.1, 0.15) is 5.82 Å². The number of fused-ring (bicyclic) bond motifs is 1. The number of amides is 3. The molecule has 3 amide bonds. The maximum Gasteiger partial charge on any atom is 0.239 e. The highest BCUT2D eigenvalue weighted by Crippen LogP contribution is 2.33. The van der Waals surface area contributed by atoms with Gasteiger partial charge in [-0.2, -0.15) is 0 Å². The normalized spacial score (nSPS) is 18.0. The molecule has 0 spiro atoms. The van der Waals surface area contributed by atoms with Crippen molar-refractivity contribution in [1.29, 1.82) is 0 Å². The van der Waals surface area contributed by atoms with Crippen LogP contribution in [0.15, 0.2) is 22.7 Å². The Bertz CT molecular complexity index is 952. The van der Waals surface area contributed by atoms with Crippen molar-refractivity contribution in [2.75, 3.05) is 32.7 Å². The van der Waals surface area contributed by atoms with Crippen molar-refractivity contribution >= 4 is 28.7 Å². The van der Waals surface area contributed by atoms with E-state index in [-0.39, 0.29) is 42.4 Å². The predicted octanol–water partition coefficient (Wildman–Crippen LogP) is 1.80. The van der Waals surface area contributed by atoms with Gasteiger partial charge in [0, 0.05) is 56.4 Å². The molecule has 0 radical (unpaired) electrons. The summed E-state index contributed by atoms with van der Waals surface area (Å²) in [5.41, 5.74) is 1.27. The van der Waals surface area contributed by atoms with E-state index < -0.39 is 0 Å².